The largest absolute Gasteiger partial charge is 0.397 e. The quantitative estimate of drug-likeness (QED) is 0.552. The van der Waals surface area contributed by atoms with Gasteiger partial charge in [0.1, 0.15) is 0 Å². The van der Waals surface area contributed by atoms with Gasteiger partial charge in [0.2, 0.25) is 23.5 Å². The number of pyridine rings is 1. The van der Waals surface area contributed by atoms with Gasteiger partial charge in [0.05, 0.1) is 11.3 Å². The van der Waals surface area contributed by atoms with Crippen molar-refractivity contribution in [2.45, 2.75) is 0 Å². The van der Waals surface area contributed by atoms with Gasteiger partial charge in [-0.25, -0.2) is 0 Å². The van der Waals surface area contributed by atoms with E-state index in [1.165, 1.54) is 6.20 Å². The van der Waals surface area contributed by atoms with Crippen LogP contribution in [0.3, 0.4) is 0 Å². The van der Waals surface area contributed by atoms with E-state index in [-0.39, 0.29) is 23.5 Å². The molecule has 1 aromatic carbocycles. The van der Waals surface area contributed by atoms with Gasteiger partial charge in [-0.05, 0) is 18.2 Å². The lowest BCUT2D eigenvalue weighted by atomic mass is 10.2. The number of nitrogen functional groups attached to an aromatic ring is 2. The zero-order valence-corrected chi connectivity index (χ0v) is 14.3. The van der Waals surface area contributed by atoms with Crippen molar-refractivity contribution >= 4 is 23.3 Å². The van der Waals surface area contributed by atoms with E-state index >= 15 is 0 Å². The lowest BCUT2D eigenvalue weighted by Crippen LogP contribution is -2.15. The molecular weight excluding hydrogens is 346 g/mol. The van der Waals surface area contributed by atoms with E-state index in [1.807, 2.05) is 37.4 Å². The van der Waals surface area contributed by atoms with E-state index in [0.717, 1.165) is 5.69 Å². The van der Waals surface area contributed by atoms with Gasteiger partial charge in [0.15, 0.2) is 0 Å². The highest BCUT2D eigenvalue weighted by molar-refractivity contribution is 5.61. The van der Waals surface area contributed by atoms with Gasteiger partial charge in [0, 0.05) is 25.1 Å². The lowest BCUT2D eigenvalue weighted by molar-refractivity contribution is 0.431. The summed E-state index contributed by atoms with van der Waals surface area (Å²) in [4.78, 5) is 22.8. The molecule has 0 aliphatic carbocycles. The van der Waals surface area contributed by atoms with Crippen LogP contribution in [0.25, 0.3) is 23.1 Å². The van der Waals surface area contributed by atoms with E-state index < -0.39 is 0 Å². The zero-order valence-electron chi connectivity index (χ0n) is 14.3. The number of hydrogen-bond acceptors (Lipinski definition) is 10. The highest BCUT2D eigenvalue weighted by atomic mass is 16.5. The lowest BCUT2D eigenvalue weighted by Gasteiger charge is -2.17. The molecule has 4 rings (SSSR count). The standard InChI is InChI=1S/C17H15N9O/c1-26(12-5-3-2-4-6-12)17-23-13(22-16(19)24-17)14-21-15(27-25-14)10-7-11(18)9-20-8-10/h2-9H,18H2,1H3,(H2,19,22,23,24). The predicted octanol–water partition coefficient (Wildman–Crippen LogP) is 1.92. The third-order valence-electron chi connectivity index (χ3n) is 3.72. The molecule has 3 aromatic heterocycles. The van der Waals surface area contributed by atoms with E-state index in [0.29, 0.717) is 17.2 Å². The fourth-order valence-corrected chi connectivity index (χ4v) is 2.40. The molecule has 0 aliphatic heterocycles. The van der Waals surface area contributed by atoms with Crippen molar-refractivity contribution in [2.24, 2.45) is 0 Å². The van der Waals surface area contributed by atoms with E-state index in [1.54, 1.807) is 17.2 Å². The molecule has 4 N–H and O–H groups in total. The minimum absolute atomic E-state index is 0.0507. The maximum Gasteiger partial charge on any atom is 0.259 e. The predicted molar refractivity (Wildman–Crippen MR) is 99.7 cm³/mol. The maximum absolute atomic E-state index is 5.85. The molecule has 27 heavy (non-hydrogen) atoms. The summed E-state index contributed by atoms with van der Waals surface area (Å²) in [5, 5.41) is 3.93. The van der Waals surface area contributed by atoms with Crippen LogP contribution in [0.4, 0.5) is 23.3 Å². The van der Waals surface area contributed by atoms with Crippen molar-refractivity contribution in [1.82, 2.24) is 30.1 Å². The minimum Gasteiger partial charge on any atom is -0.397 e. The third-order valence-corrected chi connectivity index (χ3v) is 3.72. The van der Waals surface area contributed by atoms with Crippen LogP contribution >= 0.6 is 0 Å². The maximum atomic E-state index is 5.85. The van der Waals surface area contributed by atoms with Gasteiger partial charge in [-0.2, -0.15) is 19.9 Å². The molecule has 4 aromatic rings. The Morgan fingerprint density at radius 2 is 1.74 bits per heavy atom. The first kappa shape index (κ1) is 16.4. The van der Waals surface area contributed by atoms with Gasteiger partial charge >= 0.3 is 0 Å². The molecule has 0 saturated carbocycles. The number of hydrogen-bond donors (Lipinski definition) is 2. The molecule has 0 fully saturated rings. The Hall–Kier alpha value is -4.08. The average molecular weight is 361 g/mol. The summed E-state index contributed by atoms with van der Waals surface area (Å²) in [7, 11) is 1.83. The second-order valence-electron chi connectivity index (χ2n) is 5.64. The van der Waals surface area contributed by atoms with Gasteiger partial charge in [-0.15, -0.1) is 0 Å². The van der Waals surface area contributed by atoms with Crippen LogP contribution in [0.2, 0.25) is 0 Å². The molecule has 0 spiro atoms. The van der Waals surface area contributed by atoms with Gasteiger partial charge in [-0.1, -0.05) is 23.4 Å². The van der Waals surface area contributed by atoms with Crippen LogP contribution in [-0.4, -0.2) is 37.1 Å². The first-order chi connectivity index (χ1) is 13.1. The van der Waals surface area contributed by atoms with Crippen LogP contribution < -0.4 is 16.4 Å². The Balaban J connectivity index is 1.70. The fourth-order valence-electron chi connectivity index (χ4n) is 2.40. The summed E-state index contributed by atoms with van der Waals surface area (Å²) >= 11 is 0. The Morgan fingerprint density at radius 3 is 2.52 bits per heavy atom. The number of anilines is 4. The first-order valence-corrected chi connectivity index (χ1v) is 7.95. The Labute approximate surface area is 153 Å². The number of para-hydroxylation sites is 1. The van der Waals surface area contributed by atoms with Crippen molar-refractivity contribution in [1.29, 1.82) is 0 Å². The fraction of sp³-hybridized carbons (Fsp3) is 0.0588. The molecule has 0 atom stereocenters. The van der Waals surface area contributed by atoms with Crippen molar-refractivity contribution in [3.8, 4) is 23.1 Å². The summed E-state index contributed by atoms with van der Waals surface area (Å²) in [5.41, 5.74) is 13.6. The van der Waals surface area contributed by atoms with E-state index in [4.69, 9.17) is 16.0 Å². The number of nitrogens with zero attached hydrogens (tertiary/aromatic N) is 7. The highest BCUT2D eigenvalue weighted by Gasteiger charge is 2.17. The number of aromatic nitrogens is 6. The third kappa shape index (κ3) is 3.35. The van der Waals surface area contributed by atoms with Gasteiger partial charge in [-0.3, -0.25) is 4.98 Å². The monoisotopic (exact) mass is 361 g/mol. The molecule has 0 aliphatic rings. The number of benzene rings is 1. The van der Waals surface area contributed by atoms with Gasteiger partial charge < -0.3 is 20.9 Å². The second kappa shape index (κ2) is 6.67. The molecule has 10 heteroatoms. The number of rotatable bonds is 4. The summed E-state index contributed by atoms with van der Waals surface area (Å²) < 4.78 is 5.27. The number of nitrogens with two attached hydrogens (primary N) is 2. The topological polar surface area (TPSA) is 146 Å². The summed E-state index contributed by atoms with van der Waals surface area (Å²) in [6.07, 6.45) is 3.10. The Bertz CT molecular complexity index is 1080. The molecule has 0 radical (unpaired) electrons. The average Bonchev–Trinajstić information content (AvgIpc) is 3.18. The van der Waals surface area contributed by atoms with Crippen molar-refractivity contribution in [3.05, 3.63) is 48.8 Å². The molecule has 0 saturated heterocycles. The van der Waals surface area contributed by atoms with Crippen LogP contribution in [0.5, 0.6) is 0 Å². The summed E-state index contributed by atoms with van der Waals surface area (Å²) in [5.74, 6) is 1.05. The molecule has 0 bridgehead atoms. The van der Waals surface area contributed by atoms with Gasteiger partial charge in [0.25, 0.3) is 5.89 Å². The van der Waals surface area contributed by atoms with Crippen LogP contribution in [0.1, 0.15) is 0 Å². The minimum atomic E-state index is 0.0507. The molecule has 0 unspecified atom stereocenters. The smallest absolute Gasteiger partial charge is 0.259 e. The van der Waals surface area contributed by atoms with Crippen LogP contribution in [-0.2, 0) is 0 Å². The van der Waals surface area contributed by atoms with E-state index in [9.17, 15) is 0 Å². The van der Waals surface area contributed by atoms with Crippen molar-refractivity contribution in [3.63, 3.8) is 0 Å². The Morgan fingerprint density at radius 1 is 0.926 bits per heavy atom. The van der Waals surface area contributed by atoms with Crippen molar-refractivity contribution < 1.29 is 4.52 Å². The van der Waals surface area contributed by atoms with E-state index in [2.05, 4.69) is 30.1 Å². The van der Waals surface area contributed by atoms with Crippen LogP contribution in [0, 0.1) is 0 Å². The van der Waals surface area contributed by atoms with Crippen LogP contribution in [0.15, 0.2) is 53.3 Å². The summed E-state index contributed by atoms with van der Waals surface area (Å²) in [6.45, 7) is 0. The molecule has 10 nitrogen and oxygen atoms in total. The summed E-state index contributed by atoms with van der Waals surface area (Å²) in [6, 6.07) is 11.3. The normalized spacial score (nSPS) is 10.7. The highest BCUT2D eigenvalue weighted by Crippen LogP contribution is 2.24. The zero-order chi connectivity index (χ0) is 18.8. The van der Waals surface area contributed by atoms with Crippen molar-refractivity contribution in [2.75, 3.05) is 23.4 Å². The molecule has 134 valence electrons. The molecular formula is C17H15N9O. The molecule has 3 heterocycles. The Kier molecular flexibility index (Phi) is 4.05. The second-order valence-corrected chi connectivity index (χ2v) is 5.64. The first-order valence-electron chi connectivity index (χ1n) is 7.95. The SMILES string of the molecule is CN(c1ccccc1)c1nc(N)nc(-c2noc(-c3cncc(N)c3)n2)n1. The molecule has 0 amide bonds.